The molecule has 200 valence electrons. The lowest BCUT2D eigenvalue weighted by Gasteiger charge is -2.17. The van der Waals surface area contributed by atoms with E-state index in [-0.39, 0.29) is 28.5 Å². The lowest BCUT2D eigenvalue weighted by atomic mass is 10.0. The number of carbonyl (C=O) groups is 1. The third-order valence-electron chi connectivity index (χ3n) is 6.05. The molecular weight excluding hydrogens is 539 g/mol. The second-order valence-electron chi connectivity index (χ2n) is 8.53. The predicted octanol–water partition coefficient (Wildman–Crippen LogP) is 6.57. The number of thiophene rings is 1. The summed E-state index contributed by atoms with van der Waals surface area (Å²) in [4.78, 5) is 24.7. The quantitative estimate of drug-likeness (QED) is 0.190. The summed E-state index contributed by atoms with van der Waals surface area (Å²) < 4.78 is 74.7. The van der Waals surface area contributed by atoms with Crippen LogP contribution in [0.4, 0.5) is 22.0 Å². The smallest absolute Gasteiger partial charge is 0.417 e. The Bertz CT molecular complexity index is 1630. The maximum Gasteiger partial charge on any atom is 0.417 e. The minimum Gasteiger partial charge on any atom is -0.469 e. The molecule has 0 amide bonds. The van der Waals surface area contributed by atoms with Crippen molar-refractivity contribution in [2.75, 3.05) is 7.11 Å². The number of methoxy groups -OCH3 is 1. The molecule has 2 aromatic carbocycles. The maximum absolute atomic E-state index is 14.4. The van der Waals surface area contributed by atoms with Crippen LogP contribution in [0.25, 0.3) is 21.7 Å². The lowest BCUT2D eigenvalue weighted by Crippen LogP contribution is -2.28. The van der Waals surface area contributed by atoms with Crippen LogP contribution >= 0.6 is 11.3 Å². The summed E-state index contributed by atoms with van der Waals surface area (Å²) in [5.41, 5.74) is -1.78. The Balaban J connectivity index is 1.78. The van der Waals surface area contributed by atoms with E-state index >= 15 is 0 Å². The first-order chi connectivity index (χ1) is 18.5. The number of rotatable bonds is 7. The summed E-state index contributed by atoms with van der Waals surface area (Å²) >= 11 is 1.07. The van der Waals surface area contributed by atoms with Gasteiger partial charge < -0.3 is 9.30 Å². The zero-order valence-electron chi connectivity index (χ0n) is 20.3. The van der Waals surface area contributed by atoms with Crippen molar-refractivity contribution in [1.29, 1.82) is 5.26 Å². The topological polar surface area (TPSA) is 72.1 Å². The molecule has 0 spiro atoms. The predicted molar refractivity (Wildman–Crippen MR) is 135 cm³/mol. The fourth-order valence-electron chi connectivity index (χ4n) is 3.99. The fraction of sp³-hybridized carbons (Fsp3) is 0.179. The summed E-state index contributed by atoms with van der Waals surface area (Å²) in [6.07, 6.45) is -4.30. The molecule has 4 aromatic rings. The normalized spacial score (nSPS) is 11.3. The standard InChI is InChI=1S/C28H19F5N2O3S/c1-38-26(36)9-4-16-2-5-17(6-3-16)19-10-25(39-15-19)24-12-22(28(31,32)33)21(13-34)27(37)35(24)14-18-7-8-20(29)11-23(18)30/h2-3,5-8,10-12,15H,4,9,14H2,1H3. The number of nitrogens with zero attached hydrogens (tertiary/aromatic N) is 2. The summed E-state index contributed by atoms with van der Waals surface area (Å²) in [5.74, 6) is -2.17. The van der Waals surface area contributed by atoms with Gasteiger partial charge in [-0.05, 0) is 46.7 Å². The van der Waals surface area contributed by atoms with Gasteiger partial charge in [0, 0.05) is 18.1 Å². The van der Waals surface area contributed by atoms with Gasteiger partial charge in [0.25, 0.3) is 5.56 Å². The van der Waals surface area contributed by atoms with Crippen molar-refractivity contribution >= 4 is 17.3 Å². The van der Waals surface area contributed by atoms with Crippen molar-refractivity contribution in [3.05, 3.63) is 104 Å². The number of hydrogen-bond acceptors (Lipinski definition) is 5. The zero-order chi connectivity index (χ0) is 28.3. The van der Waals surface area contributed by atoms with E-state index in [1.165, 1.54) is 13.2 Å². The highest BCUT2D eigenvalue weighted by Gasteiger charge is 2.36. The van der Waals surface area contributed by atoms with Gasteiger partial charge in [0.2, 0.25) is 0 Å². The largest absolute Gasteiger partial charge is 0.469 e. The number of ether oxygens (including phenoxy) is 1. The molecule has 2 heterocycles. The SMILES string of the molecule is COC(=O)CCc1ccc(-c2csc(-c3cc(C(F)(F)F)c(C#N)c(=O)n3Cc3ccc(F)cc3F)c2)cc1. The van der Waals surface area contributed by atoms with E-state index < -0.39 is 41.0 Å². The van der Waals surface area contributed by atoms with E-state index in [2.05, 4.69) is 4.74 Å². The van der Waals surface area contributed by atoms with Crippen molar-refractivity contribution in [1.82, 2.24) is 4.57 Å². The molecule has 0 aliphatic carbocycles. The van der Waals surface area contributed by atoms with Gasteiger partial charge in [0.15, 0.2) is 0 Å². The average molecular weight is 559 g/mol. The number of alkyl halides is 3. The van der Waals surface area contributed by atoms with Crippen LogP contribution in [0.2, 0.25) is 0 Å². The molecule has 0 aliphatic rings. The van der Waals surface area contributed by atoms with Gasteiger partial charge in [-0.3, -0.25) is 9.59 Å². The van der Waals surface area contributed by atoms with Gasteiger partial charge in [-0.1, -0.05) is 30.3 Å². The summed E-state index contributed by atoms with van der Waals surface area (Å²) in [5, 5.41) is 11.0. The summed E-state index contributed by atoms with van der Waals surface area (Å²) in [6.45, 7) is -0.519. The van der Waals surface area contributed by atoms with E-state index in [9.17, 15) is 36.8 Å². The first-order valence-electron chi connectivity index (χ1n) is 11.5. The van der Waals surface area contributed by atoms with Gasteiger partial charge >= 0.3 is 12.1 Å². The second kappa shape index (κ2) is 11.2. The highest BCUT2D eigenvalue weighted by atomic mass is 32.1. The van der Waals surface area contributed by atoms with Crippen LogP contribution in [0.5, 0.6) is 0 Å². The number of benzene rings is 2. The lowest BCUT2D eigenvalue weighted by molar-refractivity contribution is -0.140. The minimum atomic E-state index is -4.99. The Hall–Kier alpha value is -4.30. The third kappa shape index (κ3) is 6.07. The van der Waals surface area contributed by atoms with Crippen LogP contribution in [0.15, 0.2) is 64.8 Å². The monoisotopic (exact) mass is 558 g/mol. The van der Waals surface area contributed by atoms with E-state index in [0.717, 1.165) is 39.2 Å². The van der Waals surface area contributed by atoms with E-state index in [1.54, 1.807) is 23.6 Å². The number of esters is 1. The Kier molecular flexibility index (Phi) is 7.97. The van der Waals surface area contributed by atoms with Crippen LogP contribution in [0.3, 0.4) is 0 Å². The van der Waals surface area contributed by atoms with Crippen LogP contribution in [-0.4, -0.2) is 17.6 Å². The minimum absolute atomic E-state index is 0.136. The molecule has 0 saturated heterocycles. The molecule has 2 aromatic heterocycles. The van der Waals surface area contributed by atoms with Crippen molar-refractivity contribution in [3.8, 4) is 27.8 Å². The first kappa shape index (κ1) is 27.7. The van der Waals surface area contributed by atoms with Gasteiger partial charge in [-0.2, -0.15) is 18.4 Å². The van der Waals surface area contributed by atoms with Crippen molar-refractivity contribution in [2.24, 2.45) is 0 Å². The van der Waals surface area contributed by atoms with Crippen LogP contribution < -0.4 is 5.56 Å². The molecule has 5 nitrogen and oxygen atoms in total. The molecule has 0 bridgehead atoms. The number of carbonyl (C=O) groups excluding carboxylic acids is 1. The molecule has 4 rings (SSSR count). The second-order valence-corrected chi connectivity index (χ2v) is 9.44. The fourth-order valence-corrected chi connectivity index (χ4v) is 4.94. The average Bonchev–Trinajstić information content (AvgIpc) is 3.39. The molecule has 11 heteroatoms. The van der Waals surface area contributed by atoms with E-state index in [1.807, 2.05) is 12.1 Å². The Morgan fingerprint density at radius 3 is 2.38 bits per heavy atom. The van der Waals surface area contributed by atoms with Crippen LogP contribution in [0, 0.1) is 23.0 Å². The number of pyridine rings is 1. The highest BCUT2D eigenvalue weighted by Crippen LogP contribution is 2.37. The van der Waals surface area contributed by atoms with E-state index in [4.69, 9.17) is 0 Å². The zero-order valence-corrected chi connectivity index (χ0v) is 21.1. The highest BCUT2D eigenvalue weighted by molar-refractivity contribution is 7.14. The Morgan fingerprint density at radius 2 is 1.77 bits per heavy atom. The maximum atomic E-state index is 14.4. The van der Waals surface area contributed by atoms with Crippen LogP contribution in [-0.2, 0) is 28.7 Å². The first-order valence-corrected chi connectivity index (χ1v) is 12.3. The summed E-state index contributed by atoms with van der Waals surface area (Å²) in [7, 11) is 1.31. The molecule has 0 atom stereocenters. The number of aryl methyl sites for hydroxylation is 1. The number of aromatic nitrogens is 1. The molecule has 0 aliphatic heterocycles. The van der Waals surface area contributed by atoms with Crippen molar-refractivity contribution in [2.45, 2.75) is 25.6 Å². The van der Waals surface area contributed by atoms with Gasteiger partial charge in [0.1, 0.15) is 23.3 Å². The molecule has 0 radical (unpaired) electrons. The molecular formula is C28H19F5N2O3S. The van der Waals surface area contributed by atoms with Gasteiger partial charge in [0.05, 0.1) is 29.8 Å². The molecule has 0 N–H and O–H groups in total. The summed E-state index contributed by atoms with van der Waals surface area (Å²) in [6, 6.07) is 13.5. The number of hydrogen-bond donors (Lipinski definition) is 0. The molecule has 0 saturated carbocycles. The van der Waals surface area contributed by atoms with Crippen LogP contribution in [0.1, 0.15) is 28.7 Å². The van der Waals surface area contributed by atoms with Gasteiger partial charge in [-0.15, -0.1) is 11.3 Å². The molecule has 0 unspecified atom stereocenters. The third-order valence-corrected chi connectivity index (χ3v) is 7.00. The van der Waals surface area contributed by atoms with Gasteiger partial charge in [-0.25, -0.2) is 8.78 Å². The number of halogens is 5. The van der Waals surface area contributed by atoms with E-state index in [0.29, 0.717) is 24.1 Å². The Morgan fingerprint density at radius 1 is 1.05 bits per heavy atom. The Labute approximate surface area is 223 Å². The molecule has 0 fully saturated rings. The van der Waals surface area contributed by atoms with Crippen molar-refractivity contribution in [3.63, 3.8) is 0 Å². The van der Waals surface area contributed by atoms with Crippen molar-refractivity contribution < 1.29 is 31.5 Å². The number of nitriles is 1. The molecule has 39 heavy (non-hydrogen) atoms.